The van der Waals surface area contributed by atoms with Gasteiger partial charge in [0, 0.05) is 28.9 Å². The van der Waals surface area contributed by atoms with Gasteiger partial charge in [-0.15, -0.1) is 0 Å². The van der Waals surface area contributed by atoms with Gasteiger partial charge in [-0.2, -0.15) is 0 Å². The quantitative estimate of drug-likeness (QED) is 0.238. The number of para-hydroxylation sites is 2. The zero-order valence-electron chi connectivity index (χ0n) is 17.6. The summed E-state index contributed by atoms with van der Waals surface area (Å²) in [4.78, 5) is 39.1. The van der Waals surface area contributed by atoms with E-state index in [-0.39, 0.29) is 11.3 Å². The molecule has 7 heteroatoms. The normalized spacial score (nSPS) is 12.3. The second-order valence-corrected chi connectivity index (χ2v) is 8.88. The Hall–Kier alpha value is -3.71. The maximum atomic E-state index is 13.4. The van der Waals surface area contributed by atoms with E-state index < -0.39 is 5.25 Å². The van der Waals surface area contributed by atoms with Crippen LogP contribution in [0.5, 0.6) is 0 Å². The highest BCUT2D eigenvalue weighted by Gasteiger charge is 2.24. The molecular weight excluding hydrogens is 420 g/mol. The lowest BCUT2D eigenvalue weighted by Crippen LogP contribution is -2.25. The number of carbonyl (C=O) groups is 1. The number of benzene rings is 2. The SMILES string of the molecule is Cc1cccnc1-n1c(SC(C)C(=O)c2c[nH]c3ccccc23)nc2ccccc2c1=O. The van der Waals surface area contributed by atoms with Gasteiger partial charge in [-0.25, -0.2) is 14.5 Å². The van der Waals surface area contributed by atoms with E-state index in [0.717, 1.165) is 16.5 Å². The van der Waals surface area contributed by atoms with Gasteiger partial charge in [-0.05, 0) is 43.7 Å². The molecule has 0 saturated carbocycles. The van der Waals surface area contributed by atoms with Gasteiger partial charge in [-0.1, -0.05) is 48.2 Å². The monoisotopic (exact) mass is 440 g/mol. The molecule has 5 rings (SSSR count). The Labute approximate surface area is 188 Å². The molecule has 1 atom stereocenters. The number of ketones is 1. The molecule has 0 aliphatic heterocycles. The first-order valence-electron chi connectivity index (χ1n) is 10.3. The number of hydrogen-bond acceptors (Lipinski definition) is 5. The molecular formula is C25H20N4O2S. The van der Waals surface area contributed by atoms with Crippen LogP contribution in [0.4, 0.5) is 0 Å². The van der Waals surface area contributed by atoms with E-state index >= 15 is 0 Å². The van der Waals surface area contributed by atoms with E-state index in [4.69, 9.17) is 4.98 Å². The van der Waals surface area contributed by atoms with Gasteiger partial charge in [0.2, 0.25) is 0 Å². The van der Waals surface area contributed by atoms with Gasteiger partial charge < -0.3 is 4.98 Å². The van der Waals surface area contributed by atoms with Crippen LogP contribution in [0.15, 0.2) is 83.0 Å². The van der Waals surface area contributed by atoms with Crippen LogP contribution in [0.2, 0.25) is 0 Å². The summed E-state index contributed by atoms with van der Waals surface area (Å²) in [7, 11) is 0. The van der Waals surface area contributed by atoms with Crippen LogP contribution in [-0.4, -0.2) is 30.6 Å². The van der Waals surface area contributed by atoms with Crippen LogP contribution in [0.1, 0.15) is 22.8 Å². The number of carbonyl (C=O) groups excluding carboxylic acids is 1. The largest absolute Gasteiger partial charge is 0.360 e. The third-order valence-corrected chi connectivity index (χ3v) is 6.50. The van der Waals surface area contributed by atoms with E-state index in [1.165, 1.54) is 16.3 Å². The number of nitrogens with one attached hydrogen (secondary N) is 1. The van der Waals surface area contributed by atoms with Crippen molar-refractivity contribution >= 4 is 39.4 Å². The van der Waals surface area contributed by atoms with Crippen molar-refractivity contribution in [3.63, 3.8) is 0 Å². The Bertz CT molecular complexity index is 1540. The van der Waals surface area contributed by atoms with E-state index in [1.807, 2.05) is 68.4 Å². The number of aromatic nitrogens is 4. The lowest BCUT2D eigenvalue weighted by molar-refractivity contribution is 0.0995. The fourth-order valence-electron chi connectivity index (χ4n) is 3.80. The summed E-state index contributed by atoms with van der Waals surface area (Å²) in [5, 5.41) is 1.38. The fraction of sp³-hybridized carbons (Fsp3) is 0.120. The number of rotatable bonds is 5. The summed E-state index contributed by atoms with van der Waals surface area (Å²) in [6, 6.07) is 18.7. The van der Waals surface area contributed by atoms with Crippen LogP contribution >= 0.6 is 11.8 Å². The summed E-state index contributed by atoms with van der Waals surface area (Å²) < 4.78 is 1.52. The third kappa shape index (κ3) is 3.40. The summed E-state index contributed by atoms with van der Waals surface area (Å²) >= 11 is 1.27. The van der Waals surface area contributed by atoms with Crippen molar-refractivity contribution in [2.75, 3.05) is 0 Å². The van der Waals surface area contributed by atoms with Crippen molar-refractivity contribution in [2.45, 2.75) is 24.3 Å². The standard InChI is InChI=1S/C25H20N4O2S/c1-15-8-7-13-26-23(15)29-24(31)18-10-4-6-12-21(18)28-25(29)32-16(2)22(30)19-14-27-20-11-5-3-9-17(19)20/h3-14,16,27H,1-2H3. The van der Waals surface area contributed by atoms with E-state index in [9.17, 15) is 9.59 Å². The highest BCUT2D eigenvalue weighted by Crippen LogP contribution is 2.29. The number of Topliss-reactive ketones (excluding diaryl/α,β-unsaturated/α-hetero) is 1. The Kier molecular flexibility index (Phi) is 5.11. The topological polar surface area (TPSA) is 80.6 Å². The third-order valence-electron chi connectivity index (χ3n) is 5.44. The second-order valence-electron chi connectivity index (χ2n) is 7.57. The van der Waals surface area contributed by atoms with Crippen LogP contribution in [0.25, 0.3) is 27.6 Å². The van der Waals surface area contributed by atoms with Crippen LogP contribution in [0.3, 0.4) is 0 Å². The summed E-state index contributed by atoms with van der Waals surface area (Å²) in [6.07, 6.45) is 3.40. The molecule has 0 saturated heterocycles. The van der Waals surface area contributed by atoms with Crippen LogP contribution < -0.4 is 5.56 Å². The molecule has 1 N–H and O–H groups in total. The minimum absolute atomic E-state index is 0.0286. The molecule has 3 heterocycles. The van der Waals surface area contributed by atoms with E-state index in [0.29, 0.717) is 27.4 Å². The number of hydrogen-bond donors (Lipinski definition) is 1. The Morgan fingerprint density at radius 2 is 1.78 bits per heavy atom. The van der Waals surface area contributed by atoms with Crippen molar-refractivity contribution in [1.29, 1.82) is 0 Å². The Balaban J connectivity index is 1.62. The molecule has 1 unspecified atom stereocenters. The van der Waals surface area contributed by atoms with Gasteiger partial charge in [0.1, 0.15) is 5.82 Å². The number of fused-ring (bicyclic) bond motifs is 2. The van der Waals surface area contributed by atoms with Crippen molar-refractivity contribution in [3.05, 3.63) is 94.5 Å². The van der Waals surface area contributed by atoms with Crippen LogP contribution in [-0.2, 0) is 0 Å². The first-order valence-corrected chi connectivity index (χ1v) is 11.1. The predicted octanol–water partition coefficient (Wildman–Crippen LogP) is 4.93. The smallest absolute Gasteiger partial charge is 0.267 e. The van der Waals surface area contributed by atoms with Crippen molar-refractivity contribution in [1.82, 2.24) is 19.5 Å². The molecule has 158 valence electrons. The number of thioether (sulfide) groups is 1. The molecule has 0 amide bonds. The van der Waals surface area contributed by atoms with Gasteiger partial charge in [0.15, 0.2) is 10.9 Å². The molecule has 5 aromatic rings. The summed E-state index contributed by atoms with van der Waals surface area (Å²) in [6.45, 7) is 3.74. The molecule has 0 aliphatic rings. The molecule has 2 aromatic carbocycles. The fourth-order valence-corrected chi connectivity index (χ4v) is 4.77. The lowest BCUT2D eigenvalue weighted by atomic mass is 10.1. The summed E-state index contributed by atoms with van der Waals surface area (Å²) in [5.41, 5.74) is 2.79. The van der Waals surface area contributed by atoms with Gasteiger partial charge in [0.25, 0.3) is 5.56 Å². The summed E-state index contributed by atoms with van der Waals surface area (Å²) in [5.74, 6) is 0.490. The highest BCUT2D eigenvalue weighted by molar-refractivity contribution is 8.00. The minimum Gasteiger partial charge on any atom is -0.360 e. The maximum absolute atomic E-state index is 13.4. The average molecular weight is 441 g/mol. The zero-order chi connectivity index (χ0) is 22.2. The molecule has 0 radical (unpaired) electrons. The number of pyridine rings is 1. The number of H-pyrrole nitrogens is 1. The van der Waals surface area contributed by atoms with E-state index in [2.05, 4.69) is 9.97 Å². The van der Waals surface area contributed by atoms with E-state index in [1.54, 1.807) is 18.5 Å². The van der Waals surface area contributed by atoms with Crippen molar-refractivity contribution in [3.8, 4) is 5.82 Å². The van der Waals surface area contributed by atoms with Gasteiger partial charge in [-0.3, -0.25) is 9.59 Å². The maximum Gasteiger partial charge on any atom is 0.267 e. The molecule has 6 nitrogen and oxygen atoms in total. The van der Waals surface area contributed by atoms with Crippen molar-refractivity contribution in [2.24, 2.45) is 0 Å². The van der Waals surface area contributed by atoms with Crippen LogP contribution in [0, 0.1) is 6.92 Å². The first-order chi connectivity index (χ1) is 15.5. The first kappa shape index (κ1) is 20.2. The van der Waals surface area contributed by atoms with Crippen molar-refractivity contribution < 1.29 is 4.79 Å². The highest BCUT2D eigenvalue weighted by atomic mass is 32.2. The second kappa shape index (κ2) is 8.09. The Morgan fingerprint density at radius 3 is 2.59 bits per heavy atom. The average Bonchev–Trinajstić information content (AvgIpc) is 3.24. The molecule has 32 heavy (non-hydrogen) atoms. The van der Waals surface area contributed by atoms with Gasteiger partial charge in [0.05, 0.1) is 16.2 Å². The molecule has 0 spiro atoms. The molecule has 0 fully saturated rings. The number of aryl methyl sites for hydroxylation is 1. The van der Waals surface area contributed by atoms with Gasteiger partial charge >= 0.3 is 0 Å². The molecule has 0 bridgehead atoms. The lowest BCUT2D eigenvalue weighted by Gasteiger charge is -2.16. The Morgan fingerprint density at radius 1 is 1.03 bits per heavy atom. The minimum atomic E-state index is -0.461. The number of nitrogens with zero attached hydrogens (tertiary/aromatic N) is 3. The predicted molar refractivity (Wildman–Crippen MR) is 128 cm³/mol. The zero-order valence-corrected chi connectivity index (χ0v) is 18.4. The number of aromatic amines is 1. The molecule has 0 aliphatic carbocycles. The molecule has 3 aromatic heterocycles.